The van der Waals surface area contributed by atoms with Crippen LogP contribution in [0.15, 0.2) is 66.0 Å². The summed E-state index contributed by atoms with van der Waals surface area (Å²) in [5, 5.41) is 4.30. The Labute approximate surface area is 190 Å². The third-order valence-electron chi connectivity index (χ3n) is 6.49. The number of amides is 1. The van der Waals surface area contributed by atoms with Gasteiger partial charge in [-0.05, 0) is 93.1 Å². The third-order valence-corrected chi connectivity index (χ3v) is 6.49. The summed E-state index contributed by atoms with van der Waals surface area (Å²) in [4.78, 5) is 15.3. The summed E-state index contributed by atoms with van der Waals surface area (Å²) in [7, 11) is 0. The van der Waals surface area contributed by atoms with Crippen molar-refractivity contribution in [3.05, 3.63) is 83.2 Å². The summed E-state index contributed by atoms with van der Waals surface area (Å²) in [5.41, 5.74) is 9.11. The van der Waals surface area contributed by atoms with Crippen molar-refractivity contribution < 1.29 is 4.79 Å². The number of anilines is 1. The molecular weight excluding hydrogens is 396 g/mol. The van der Waals surface area contributed by atoms with E-state index in [0.29, 0.717) is 11.5 Å². The Morgan fingerprint density at radius 1 is 1.16 bits per heavy atom. The Morgan fingerprint density at radius 3 is 2.59 bits per heavy atom. The van der Waals surface area contributed by atoms with Crippen LogP contribution in [-0.4, -0.2) is 28.8 Å². The number of benzene rings is 2. The van der Waals surface area contributed by atoms with Crippen molar-refractivity contribution in [1.29, 1.82) is 0 Å². The summed E-state index contributed by atoms with van der Waals surface area (Å²) < 4.78 is 1.93. The van der Waals surface area contributed by atoms with Crippen LogP contribution in [0.25, 0.3) is 5.69 Å². The van der Waals surface area contributed by atoms with E-state index in [9.17, 15) is 4.79 Å². The van der Waals surface area contributed by atoms with Gasteiger partial charge < -0.3 is 9.47 Å². The predicted octanol–water partition coefficient (Wildman–Crippen LogP) is 5.66. The van der Waals surface area contributed by atoms with E-state index in [1.54, 1.807) is 6.21 Å². The number of carbonyl (C=O) groups excluding carboxylic acids is 1. The zero-order valence-electron chi connectivity index (χ0n) is 19.6. The molecule has 1 aromatic heterocycles. The van der Waals surface area contributed by atoms with E-state index < -0.39 is 0 Å². The first-order valence-corrected chi connectivity index (χ1v) is 11.3. The highest BCUT2D eigenvalue weighted by Crippen LogP contribution is 2.43. The second-order valence-electron chi connectivity index (χ2n) is 9.24. The molecule has 5 nitrogen and oxygen atoms in total. The zero-order chi connectivity index (χ0) is 22.9. The van der Waals surface area contributed by atoms with E-state index in [1.165, 1.54) is 11.3 Å². The molecule has 2 aromatic carbocycles. The van der Waals surface area contributed by atoms with Crippen LogP contribution >= 0.6 is 0 Å². The van der Waals surface area contributed by atoms with Crippen LogP contribution in [0.1, 0.15) is 67.1 Å². The van der Waals surface area contributed by atoms with Gasteiger partial charge in [0.15, 0.2) is 0 Å². The van der Waals surface area contributed by atoms with Crippen molar-refractivity contribution in [3.8, 4) is 5.69 Å². The maximum absolute atomic E-state index is 12.8. The molecule has 1 N–H and O–H groups in total. The number of rotatable bonds is 5. The van der Waals surface area contributed by atoms with Gasteiger partial charge in [-0.3, -0.25) is 4.79 Å². The largest absolute Gasteiger partial charge is 0.366 e. The minimum absolute atomic E-state index is 0.143. The van der Waals surface area contributed by atoms with E-state index in [1.807, 2.05) is 53.4 Å². The molecule has 0 aliphatic carbocycles. The Hall–Kier alpha value is -3.34. The number of fused-ring (bicyclic) bond motifs is 1. The fourth-order valence-corrected chi connectivity index (χ4v) is 5.00. The minimum Gasteiger partial charge on any atom is -0.366 e. The summed E-state index contributed by atoms with van der Waals surface area (Å²) in [6.07, 6.45) is 6.72. The van der Waals surface area contributed by atoms with Gasteiger partial charge >= 0.3 is 0 Å². The lowest BCUT2D eigenvalue weighted by molar-refractivity contribution is 0.0955. The van der Waals surface area contributed by atoms with Crippen molar-refractivity contribution in [2.45, 2.75) is 52.5 Å². The fraction of sp³-hybridized carbons (Fsp3) is 0.333. The van der Waals surface area contributed by atoms with Crippen LogP contribution in [0.3, 0.4) is 0 Å². The van der Waals surface area contributed by atoms with Crippen molar-refractivity contribution in [2.24, 2.45) is 5.10 Å². The molecule has 2 heterocycles. The van der Waals surface area contributed by atoms with Gasteiger partial charge in [0.25, 0.3) is 5.91 Å². The Balaban J connectivity index is 1.57. The number of nitrogens with zero attached hydrogens (tertiary/aromatic N) is 3. The summed E-state index contributed by atoms with van der Waals surface area (Å²) in [5.74, 6) is 0.243. The fourth-order valence-electron chi connectivity index (χ4n) is 5.00. The first-order valence-electron chi connectivity index (χ1n) is 11.3. The van der Waals surface area contributed by atoms with E-state index in [4.69, 9.17) is 0 Å². The molecule has 4 rings (SSSR count). The Morgan fingerprint density at radius 2 is 1.88 bits per heavy atom. The molecule has 32 heavy (non-hydrogen) atoms. The highest BCUT2D eigenvalue weighted by atomic mass is 16.2. The lowest BCUT2D eigenvalue weighted by atomic mass is 9.79. The van der Waals surface area contributed by atoms with Crippen LogP contribution in [0, 0.1) is 6.92 Å². The van der Waals surface area contributed by atoms with Crippen molar-refractivity contribution in [3.63, 3.8) is 0 Å². The molecular formula is C27H32N4O. The number of hydrogen-bond acceptors (Lipinski definition) is 3. The monoisotopic (exact) mass is 428 g/mol. The standard InChI is InChI=1S/C27H32N4O/c1-6-31-25-15-19(2)21(16-23(25)20(3)17-27(31,4)5)18-28-29-26(32)22-11-7-8-12-24(22)30-13-9-10-14-30/h7-16,18,20H,6,17H2,1-5H3,(H,29,32)/b28-18-. The normalized spacial score (nSPS) is 17.4. The molecule has 3 aromatic rings. The highest BCUT2D eigenvalue weighted by Gasteiger charge is 2.35. The smallest absolute Gasteiger partial charge is 0.273 e. The Kier molecular flexibility index (Phi) is 5.92. The number of aromatic nitrogens is 1. The van der Waals surface area contributed by atoms with Crippen LogP contribution in [0.2, 0.25) is 0 Å². The molecule has 1 aliphatic rings. The van der Waals surface area contributed by atoms with Gasteiger partial charge in [0.2, 0.25) is 0 Å². The first-order chi connectivity index (χ1) is 15.3. The van der Waals surface area contributed by atoms with Crippen LogP contribution in [0.4, 0.5) is 5.69 Å². The molecule has 1 aliphatic heterocycles. The number of nitrogens with one attached hydrogen (secondary N) is 1. The molecule has 166 valence electrons. The minimum atomic E-state index is -0.228. The highest BCUT2D eigenvalue weighted by molar-refractivity contribution is 5.98. The number of para-hydroxylation sites is 1. The molecule has 1 amide bonds. The van der Waals surface area contributed by atoms with Gasteiger partial charge in [0.05, 0.1) is 17.5 Å². The van der Waals surface area contributed by atoms with Gasteiger partial charge in [-0.1, -0.05) is 19.1 Å². The maximum Gasteiger partial charge on any atom is 0.273 e. The van der Waals surface area contributed by atoms with Gasteiger partial charge in [-0.2, -0.15) is 5.10 Å². The van der Waals surface area contributed by atoms with Gasteiger partial charge in [-0.25, -0.2) is 5.43 Å². The third kappa shape index (κ3) is 4.07. The quantitative estimate of drug-likeness (QED) is 0.421. The van der Waals surface area contributed by atoms with Crippen LogP contribution in [0.5, 0.6) is 0 Å². The average molecular weight is 429 g/mol. The van der Waals surface area contributed by atoms with E-state index in [2.05, 4.69) is 62.2 Å². The summed E-state index contributed by atoms with van der Waals surface area (Å²) >= 11 is 0. The number of carbonyl (C=O) groups is 1. The molecule has 0 saturated carbocycles. The average Bonchev–Trinajstić information content (AvgIpc) is 3.29. The molecule has 1 atom stereocenters. The van der Waals surface area contributed by atoms with Crippen LogP contribution in [-0.2, 0) is 0 Å². The Bertz CT molecular complexity index is 1140. The second-order valence-corrected chi connectivity index (χ2v) is 9.24. The molecule has 0 spiro atoms. The van der Waals surface area contributed by atoms with E-state index in [-0.39, 0.29) is 11.4 Å². The molecule has 1 unspecified atom stereocenters. The van der Waals surface area contributed by atoms with E-state index in [0.717, 1.165) is 29.8 Å². The van der Waals surface area contributed by atoms with Crippen LogP contribution < -0.4 is 10.3 Å². The summed E-state index contributed by atoms with van der Waals surface area (Å²) in [6, 6.07) is 15.9. The summed E-state index contributed by atoms with van der Waals surface area (Å²) in [6.45, 7) is 12.2. The lowest BCUT2D eigenvalue weighted by Gasteiger charge is -2.47. The number of hydrazone groups is 1. The topological polar surface area (TPSA) is 49.6 Å². The van der Waals surface area contributed by atoms with Gasteiger partial charge in [-0.15, -0.1) is 0 Å². The SMILES string of the molecule is CCN1c2cc(C)c(/C=N\NC(=O)c3ccccc3-n3cccc3)cc2C(C)CC1(C)C. The lowest BCUT2D eigenvalue weighted by Crippen LogP contribution is -2.48. The predicted molar refractivity (Wildman–Crippen MR) is 132 cm³/mol. The zero-order valence-corrected chi connectivity index (χ0v) is 19.6. The van der Waals surface area contributed by atoms with Crippen molar-refractivity contribution in [2.75, 3.05) is 11.4 Å². The maximum atomic E-state index is 12.8. The molecule has 0 saturated heterocycles. The number of aryl methyl sites for hydroxylation is 1. The van der Waals surface area contributed by atoms with Gasteiger partial charge in [0, 0.05) is 30.2 Å². The second kappa shape index (κ2) is 8.65. The molecule has 0 radical (unpaired) electrons. The van der Waals surface area contributed by atoms with Crippen molar-refractivity contribution >= 4 is 17.8 Å². The number of hydrogen-bond donors (Lipinski definition) is 1. The molecule has 0 fully saturated rings. The first kappa shape index (κ1) is 21.9. The van der Waals surface area contributed by atoms with E-state index >= 15 is 0 Å². The molecule has 0 bridgehead atoms. The van der Waals surface area contributed by atoms with Gasteiger partial charge in [0.1, 0.15) is 0 Å². The molecule has 5 heteroatoms. The van der Waals surface area contributed by atoms with Crippen molar-refractivity contribution in [1.82, 2.24) is 9.99 Å².